The van der Waals surface area contributed by atoms with E-state index in [2.05, 4.69) is 26.2 Å². The first-order valence-corrected chi connectivity index (χ1v) is 6.54. The third-order valence-corrected chi connectivity index (χ3v) is 3.58. The summed E-state index contributed by atoms with van der Waals surface area (Å²) in [5.74, 6) is -0.942. The fraction of sp³-hybridized carbons (Fsp3) is 0.143. The number of nitrogens with zero attached hydrogens (tertiary/aromatic N) is 1. The first kappa shape index (κ1) is 13.5. The lowest BCUT2D eigenvalue weighted by Gasteiger charge is -2.08. The lowest BCUT2D eigenvalue weighted by Crippen LogP contribution is -2.04. The Balaban J connectivity index is 2.07. The number of carbonyl (C=O) groups is 1. The van der Waals surface area contributed by atoms with Crippen molar-refractivity contribution in [1.29, 1.82) is 0 Å². The molecule has 0 bridgehead atoms. The van der Waals surface area contributed by atoms with Gasteiger partial charge in [-0.15, -0.1) is 0 Å². The van der Waals surface area contributed by atoms with Gasteiger partial charge in [-0.2, -0.15) is 0 Å². The summed E-state index contributed by atoms with van der Waals surface area (Å²) >= 11 is 3.45. The van der Waals surface area contributed by atoms with Crippen molar-refractivity contribution in [2.24, 2.45) is 0 Å². The van der Waals surface area contributed by atoms with Crippen molar-refractivity contribution in [3.63, 3.8) is 0 Å². The molecule has 5 heteroatoms. The van der Waals surface area contributed by atoms with Crippen molar-refractivity contribution in [2.75, 3.05) is 5.32 Å². The summed E-state index contributed by atoms with van der Waals surface area (Å²) in [5, 5.41) is 12.1. The summed E-state index contributed by atoms with van der Waals surface area (Å²) in [7, 11) is 0. The van der Waals surface area contributed by atoms with Crippen LogP contribution in [0.1, 0.15) is 21.6 Å². The number of nitrogens with one attached hydrogen (secondary N) is 1. The maximum Gasteiger partial charge on any atom is 0.335 e. The first-order chi connectivity index (χ1) is 9.06. The maximum atomic E-state index is 10.9. The number of rotatable bonds is 4. The second-order valence-electron chi connectivity index (χ2n) is 4.16. The fourth-order valence-corrected chi connectivity index (χ4v) is 1.90. The molecule has 0 unspecified atom stereocenters. The van der Waals surface area contributed by atoms with Gasteiger partial charge in [-0.25, -0.2) is 4.79 Å². The summed E-state index contributed by atoms with van der Waals surface area (Å²) in [6, 6.07) is 9.00. The molecule has 0 amide bonds. The van der Waals surface area contributed by atoms with Crippen molar-refractivity contribution in [2.45, 2.75) is 13.5 Å². The summed E-state index contributed by atoms with van der Waals surface area (Å²) in [5.41, 5.74) is 3.06. The van der Waals surface area contributed by atoms with E-state index in [1.807, 2.05) is 25.1 Å². The molecule has 0 aliphatic carbocycles. The van der Waals surface area contributed by atoms with Gasteiger partial charge in [0, 0.05) is 16.4 Å². The van der Waals surface area contributed by atoms with E-state index in [9.17, 15) is 4.79 Å². The molecule has 0 aliphatic heterocycles. The zero-order chi connectivity index (χ0) is 13.8. The van der Waals surface area contributed by atoms with Crippen molar-refractivity contribution in [3.05, 3.63) is 57.8 Å². The molecule has 19 heavy (non-hydrogen) atoms. The van der Waals surface area contributed by atoms with Gasteiger partial charge in [0.25, 0.3) is 0 Å². The van der Waals surface area contributed by atoms with Crippen LogP contribution in [0.2, 0.25) is 0 Å². The van der Waals surface area contributed by atoms with Crippen LogP contribution in [-0.2, 0) is 6.54 Å². The maximum absolute atomic E-state index is 10.9. The Bertz CT molecular complexity index is 614. The minimum atomic E-state index is -0.942. The zero-order valence-electron chi connectivity index (χ0n) is 10.4. The number of halogens is 1. The molecule has 0 fully saturated rings. The quantitative estimate of drug-likeness (QED) is 0.905. The van der Waals surface area contributed by atoms with Gasteiger partial charge in [-0.1, -0.05) is 15.9 Å². The molecule has 0 radical (unpaired) electrons. The number of carboxylic acid groups (broad SMARTS) is 1. The van der Waals surface area contributed by atoms with E-state index in [-0.39, 0.29) is 5.56 Å². The monoisotopic (exact) mass is 320 g/mol. The Morgan fingerprint density at radius 1 is 1.37 bits per heavy atom. The van der Waals surface area contributed by atoms with Gasteiger partial charge in [-0.05, 0) is 42.8 Å². The third kappa shape index (κ3) is 3.54. The fourth-order valence-electron chi connectivity index (χ4n) is 1.66. The van der Waals surface area contributed by atoms with E-state index >= 15 is 0 Å². The van der Waals surface area contributed by atoms with Gasteiger partial charge in [-0.3, -0.25) is 4.98 Å². The number of benzene rings is 1. The molecule has 0 aliphatic rings. The van der Waals surface area contributed by atoms with Crippen LogP contribution in [0.4, 0.5) is 5.69 Å². The average Bonchev–Trinajstić information content (AvgIpc) is 2.40. The van der Waals surface area contributed by atoms with Gasteiger partial charge in [0.1, 0.15) is 0 Å². The molecule has 0 saturated carbocycles. The molecule has 98 valence electrons. The lowest BCUT2D eigenvalue weighted by molar-refractivity contribution is 0.0696. The van der Waals surface area contributed by atoms with Crippen LogP contribution in [-0.4, -0.2) is 16.1 Å². The van der Waals surface area contributed by atoms with Gasteiger partial charge < -0.3 is 10.4 Å². The summed E-state index contributed by atoms with van der Waals surface area (Å²) in [4.78, 5) is 15.0. The van der Waals surface area contributed by atoms with Gasteiger partial charge in [0.15, 0.2) is 0 Å². The van der Waals surface area contributed by atoms with Crippen molar-refractivity contribution in [3.8, 4) is 0 Å². The number of pyridine rings is 1. The molecule has 0 atom stereocenters. The first-order valence-electron chi connectivity index (χ1n) is 5.74. The molecule has 1 heterocycles. The minimum absolute atomic E-state index is 0.249. The van der Waals surface area contributed by atoms with E-state index in [0.29, 0.717) is 12.2 Å². The second-order valence-corrected chi connectivity index (χ2v) is 5.01. The van der Waals surface area contributed by atoms with Crippen molar-refractivity contribution < 1.29 is 9.90 Å². The number of aromatic carboxylic acids is 1. The van der Waals surface area contributed by atoms with E-state index in [4.69, 9.17) is 5.11 Å². The Hall–Kier alpha value is -1.88. The largest absolute Gasteiger partial charge is 0.478 e. The number of aromatic nitrogens is 1. The Morgan fingerprint density at radius 2 is 2.16 bits per heavy atom. The summed E-state index contributed by atoms with van der Waals surface area (Å²) < 4.78 is 1.06. The Morgan fingerprint density at radius 3 is 2.84 bits per heavy atom. The topological polar surface area (TPSA) is 62.2 Å². The Labute approximate surface area is 119 Å². The number of anilines is 1. The van der Waals surface area contributed by atoms with Gasteiger partial charge in [0.05, 0.1) is 17.8 Å². The van der Waals surface area contributed by atoms with Crippen molar-refractivity contribution in [1.82, 2.24) is 4.98 Å². The molecule has 1 aromatic heterocycles. The molecule has 4 nitrogen and oxygen atoms in total. The van der Waals surface area contributed by atoms with Crippen LogP contribution in [0.3, 0.4) is 0 Å². The summed E-state index contributed by atoms with van der Waals surface area (Å²) in [6.45, 7) is 2.50. The Kier molecular flexibility index (Phi) is 4.16. The highest BCUT2D eigenvalue weighted by atomic mass is 79.9. The molecule has 0 saturated heterocycles. The van der Waals surface area contributed by atoms with E-state index < -0.39 is 5.97 Å². The van der Waals surface area contributed by atoms with Gasteiger partial charge in [0.2, 0.25) is 0 Å². The third-order valence-electron chi connectivity index (χ3n) is 2.70. The van der Waals surface area contributed by atoms with Crippen LogP contribution in [0.5, 0.6) is 0 Å². The smallest absolute Gasteiger partial charge is 0.335 e. The van der Waals surface area contributed by atoms with Crippen LogP contribution in [0, 0.1) is 6.92 Å². The van der Waals surface area contributed by atoms with Crippen LogP contribution in [0.25, 0.3) is 0 Å². The summed E-state index contributed by atoms with van der Waals surface area (Å²) in [6.07, 6.45) is 1.51. The molecule has 0 spiro atoms. The molecule has 2 rings (SSSR count). The lowest BCUT2D eigenvalue weighted by atomic mass is 10.2. The zero-order valence-corrected chi connectivity index (χ0v) is 11.9. The number of hydrogen-bond donors (Lipinski definition) is 2. The molecule has 1 aromatic carbocycles. The molecule has 2 aromatic rings. The standard InChI is InChI=1S/C14H13BrN2O2/c1-9-6-11(2-3-13(9)15)17-8-12-7-10(14(18)19)4-5-16-12/h2-7,17H,8H2,1H3,(H,18,19). The van der Waals surface area contributed by atoms with E-state index in [0.717, 1.165) is 15.7 Å². The van der Waals surface area contributed by atoms with E-state index in [1.165, 1.54) is 12.3 Å². The molecule has 2 N–H and O–H groups in total. The predicted octanol–water partition coefficient (Wildman–Crippen LogP) is 3.46. The van der Waals surface area contributed by atoms with Crippen LogP contribution < -0.4 is 5.32 Å². The molecular formula is C14H13BrN2O2. The highest BCUT2D eigenvalue weighted by Gasteiger charge is 2.04. The second kappa shape index (κ2) is 5.84. The highest BCUT2D eigenvalue weighted by Crippen LogP contribution is 2.20. The number of hydrogen-bond acceptors (Lipinski definition) is 3. The minimum Gasteiger partial charge on any atom is -0.478 e. The molecular weight excluding hydrogens is 308 g/mol. The van der Waals surface area contributed by atoms with Crippen LogP contribution in [0.15, 0.2) is 41.0 Å². The average molecular weight is 321 g/mol. The normalized spacial score (nSPS) is 10.2. The number of carboxylic acids is 1. The van der Waals surface area contributed by atoms with Crippen molar-refractivity contribution >= 4 is 27.6 Å². The predicted molar refractivity (Wildman–Crippen MR) is 77.4 cm³/mol. The van der Waals surface area contributed by atoms with E-state index in [1.54, 1.807) is 6.07 Å². The highest BCUT2D eigenvalue weighted by molar-refractivity contribution is 9.10. The van der Waals surface area contributed by atoms with Gasteiger partial charge >= 0.3 is 5.97 Å². The SMILES string of the molecule is Cc1cc(NCc2cc(C(=O)O)ccn2)ccc1Br. The van der Waals surface area contributed by atoms with Crippen LogP contribution >= 0.6 is 15.9 Å². The number of aryl methyl sites for hydroxylation is 1.